The van der Waals surface area contributed by atoms with Crippen LogP contribution in [-0.4, -0.2) is 22.4 Å². The standard InChI is InChI=1S/C20H18N4O/c1-14-6-8-16(9-7-14)23-19-12-17(21-13-22-19)20(25)24-11-10-15-4-2-3-5-18(15)24/h2-9,12-13H,10-11H2,1H3,(H,21,22,23). The second-order valence-electron chi connectivity index (χ2n) is 6.12. The molecular formula is C20H18N4O. The van der Waals surface area contributed by atoms with Crippen LogP contribution in [0.2, 0.25) is 0 Å². The van der Waals surface area contributed by atoms with Crippen LogP contribution < -0.4 is 10.2 Å². The normalized spacial score (nSPS) is 12.8. The summed E-state index contributed by atoms with van der Waals surface area (Å²) in [7, 11) is 0. The first-order valence-corrected chi connectivity index (χ1v) is 8.26. The topological polar surface area (TPSA) is 58.1 Å². The predicted octanol–water partition coefficient (Wildman–Crippen LogP) is 3.73. The van der Waals surface area contributed by atoms with Crippen molar-refractivity contribution in [3.63, 3.8) is 0 Å². The summed E-state index contributed by atoms with van der Waals surface area (Å²) in [5.41, 5.74) is 4.68. The molecule has 0 saturated carbocycles. The minimum Gasteiger partial charge on any atom is -0.340 e. The molecule has 25 heavy (non-hydrogen) atoms. The molecule has 0 radical (unpaired) electrons. The second kappa shape index (κ2) is 6.36. The van der Waals surface area contributed by atoms with E-state index in [1.807, 2.05) is 49.4 Å². The van der Waals surface area contributed by atoms with Crippen LogP contribution >= 0.6 is 0 Å². The van der Waals surface area contributed by atoms with E-state index in [1.54, 1.807) is 11.0 Å². The van der Waals surface area contributed by atoms with Gasteiger partial charge in [0, 0.05) is 24.0 Å². The van der Waals surface area contributed by atoms with E-state index in [1.165, 1.54) is 17.5 Å². The molecule has 5 nitrogen and oxygen atoms in total. The number of aromatic nitrogens is 2. The Morgan fingerprint density at radius 3 is 2.72 bits per heavy atom. The van der Waals surface area contributed by atoms with E-state index >= 15 is 0 Å². The van der Waals surface area contributed by atoms with Crippen LogP contribution in [0.25, 0.3) is 0 Å². The molecule has 3 aromatic rings. The number of fused-ring (bicyclic) bond motifs is 1. The molecule has 1 amide bonds. The molecule has 1 N–H and O–H groups in total. The summed E-state index contributed by atoms with van der Waals surface area (Å²) < 4.78 is 0. The molecule has 0 atom stereocenters. The first kappa shape index (κ1) is 15.3. The van der Waals surface area contributed by atoms with Gasteiger partial charge in [0.25, 0.3) is 5.91 Å². The third-order valence-electron chi connectivity index (χ3n) is 4.34. The molecule has 0 spiro atoms. The Hall–Kier alpha value is -3.21. The molecule has 0 fully saturated rings. The molecule has 0 bridgehead atoms. The summed E-state index contributed by atoms with van der Waals surface area (Å²) in [6.45, 7) is 2.72. The molecule has 0 aliphatic carbocycles. The van der Waals surface area contributed by atoms with E-state index in [2.05, 4.69) is 21.4 Å². The molecule has 0 saturated heterocycles. The van der Waals surface area contributed by atoms with Crippen LogP contribution in [0, 0.1) is 6.92 Å². The number of nitrogens with zero attached hydrogens (tertiary/aromatic N) is 3. The summed E-state index contributed by atoms with van der Waals surface area (Å²) >= 11 is 0. The SMILES string of the molecule is Cc1ccc(Nc2cc(C(=O)N3CCc4ccccc43)ncn2)cc1. The van der Waals surface area contributed by atoms with Gasteiger partial charge in [0.15, 0.2) is 0 Å². The van der Waals surface area contributed by atoms with Crippen LogP contribution in [0.1, 0.15) is 21.6 Å². The number of carbonyl (C=O) groups excluding carboxylic acids is 1. The number of benzene rings is 2. The van der Waals surface area contributed by atoms with E-state index in [-0.39, 0.29) is 5.91 Å². The molecule has 4 rings (SSSR count). The number of hydrogen-bond donors (Lipinski definition) is 1. The lowest BCUT2D eigenvalue weighted by molar-refractivity contribution is 0.0984. The van der Waals surface area contributed by atoms with Gasteiger partial charge in [0.1, 0.15) is 17.8 Å². The van der Waals surface area contributed by atoms with Crippen molar-refractivity contribution >= 4 is 23.1 Å². The summed E-state index contributed by atoms with van der Waals surface area (Å²) in [6.07, 6.45) is 2.30. The number of hydrogen-bond acceptors (Lipinski definition) is 4. The first-order valence-electron chi connectivity index (χ1n) is 8.26. The second-order valence-corrected chi connectivity index (χ2v) is 6.12. The summed E-state index contributed by atoms with van der Waals surface area (Å²) in [5, 5.41) is 3.21. The van der Waals surface area contributed by atoms with Gasteiger partial charge in [-0.2, -0.15) is 0 Å². The van der Waals surface area contributed by atoms with Crippen LogP contribution in [0.3, 0.4) is 0 Å². The molecule has 5 heteroatoms. The summed E-state index contributed by atoms with van der Waals surface area (Å²) in [4.78, 5) is 23.0. The van der Waals surface area contributed by atoms with Crippen molar-refractivity contribution < 1.29 is 4.79 Å². The minimum atomic E-state index is -0.0979. The highest BCUT2D eigenvalue weighted by molar-refractivity contribution is 6.06. The van der Waals surface area contributed by atoms with Gasteiger partial charge >= 0.3 is 0 Å². The quantitative estimate of drug-likeness (QED) is 0.795. The Kier molecular flexibility index (Phi) is 3.90. The number of aryl methyl sites for hydroxylation is 1. The summed E-state index contributed by atoms with van der Waals surface area (Å²) in [6, 6.07) is 17.7. The van der Waals surface area contributed by atoms with Crippen LogP contribution in [0.5, 0.6) is 0 Å². The third-order valence-corrected chi connectivity index (χ3v) is 4.34. The largest absolute Gasteiger partial charge is 0.340 e. The fourth-order valence-corrected chi connectivity index (χ4v) is 3.01. The lowest BCUT2D eigenvalue weighted by atomic mass is 10.2. The Balaban J connectivity index is 1.57. The molecule has 0 unspecified atom stereocenters. The number of carbonyl (C=O) groups is 1. The van der Waals surface area contributed by atoms with E-state index in [9.17, 15) is 4.79 Å². The lowest BCUT2D eigenvalue weighted by Gasteiger charge is -2.17. The Bertz CT molecular complexity index is 921. The highest BCUT2D eigenvalue weighted by atomic mass is 16.2. The van der Waals surface area contributed by atoms with E-state index in [0.717, 1.165) is 17.8 Å². The minimum absolute atomic E-state index is 0.0979. The maximum absolute atomic E-state index is 12.9. The average molecular weight is 330 g/mol. The van der Waals surface area contributed by atoms with Crippen molar-refractivity contribution in [3.05, 3.63) is 77.7 Å². The van der Waals surface area contributed by atoms with Crippen molar-refractivity contribution in [2.75, 3.05) is 16.8 Å². The zero-order valence-corrected chi connectivity index (χ0v) is 13.9. The zero-order valence-electron chi connectivity index (χ0n) is 13.9. The van der Waals surface area contributed by atoms with Gasteiger partial charge in [-0.15, -0.1) is 0 Å². The molecule has 124 valence electrons. The number of nitrogens with one attached hydrogen (secondary N) is 1. The van der Waals surface area contributed by atoms with E-state index < -0.39 is 0 Å². The maximum Gasteiger partial charge on any atom is 0.277 e. The van der Waals surface area contributed by atoms with Gasteiger partial charge in [-0.1, -0.05) is 35.9 Å². The fourth-order valence-electron chi connectivity index (χ4n) is 3.01. The maximum atomic E-state index is 12.9. The van der Waals surface area contributed by atoms with Gasteiger partial charge in [-0.25, -0.2) is 9.97 Å². The number of anilines is 3. The highest BCUT2D eigenvalue weighted by Crippen LogP contribution is 2.28. The lowest BCUT2D eigenvalue weighted by Crippen LogP contribution is -2.29. The Labute approximate surface area is 146 Å². The van der Waals surface area contributed by atoms with Crippen molar-refractivity contribution in [1.29, 1.82) is 0 Å². The van der Waals surface area contributed by atoms with Crippen molar-refractivity contribution in [3.8, 4) is 0 Å². The van der Waals surface area contributed by atoms with Crippen molar-refractivity contribution in [2.24, 2.45) is 0 Å². The third kappa shape index (κ3) is 3.08. The van der Waals surface area contributed by atoms with Crippen LogP contribution in [0.4, 0.5) is 17.2 Å². The zero-order chi connectivity index (χ0) is 17.2. The number of para-hydroxylation sites is 1. The molecule has 2 aromatic carbocycles. The Morgan fingerprint density at radius 1 is 1.08 bits per heavy atom. The van der Waals surface area contributed by atoms with Gasteiger partial charge in [0.05, 0.1) is 0 Å². The highest BCUT2D eigenvalue weighted by Gasteiger charge is 2.26. The fraction of sp³-hybridized carbons (Fsp3) is 0.150. The summed E-state index contributed by atoms with van der Waals surface area (Å²) in [5.74, 6) is 0.508. The molecule has 1 aromatic heterocycles. The number of rotatable bonds is 3. The van der Waals surface area contributed by atoms with Crippen LogP contribution in [-0.2, 0) is 6.42 Å². The smallest absolute Gasteiger partial charge is 0.277 e. The van der Waals surface area contributed by atoms with Crippen molar-refractivity contribution in [1.82, 2.24) is 9.97 Å². The number of amides is 1. The van der Waals surface area contributed by atoms with Gasteiger partial charge in [0.2, 0.25) is 0 Å². The van der Waals surface area contributed by atoms with Crippen molar-refractivity contribution in [2.45, 2.75) is 13.3 Å². The molecule has 1 aliphatic rings. The Morgan fingerprint density at radius 2 is 1.88 bits per heavy atom. The van der Waals surface area contributed by atoms with Gasteiger partial charge < -0.3 is 10.2 Å². The van der Waals surface area contributed by atoms with Crippen LogP contribution in [0.15, 0.2) is 60.9 Å². The molecule has 1 aliphatic heterocycles. The van der Waals surface area contributed by atoms with E-state index in [4.69, 9.17) is 0 Å². The first-order chi connectivity index (χ1) is 12.2. The van der Waals surface area contributed by atoms with Gasteiger partial charge in [-0.3, -0.25) is 4.79 Å². The predicted molar refractivity (Wildman–Crippen MR) is 98.3 cm³/mol. The van der Waals surface area contributed by atoms with Gasteiger partial charge in [-0.05, 0) is 37.1 Å². The molecular weight excluding hydrogens is 312 g/mol. The average Bonchev–Trinajstić information content (AvgIpc) is 3.07. The monoisotopic (exact) mass is 330 g/mol. The molecule has 2 heterocycles. The van der Waals surface area contributed by atoms with E-state index in [0.29, 0.717) is 18.1 Å².